The van der Waals surface area contributed by atoms with Gasteiger partial charge in [0, 0.05) is 13.2 Å². The fourth-order valence-corrected chi connectivity index (χ4v) is 3.17. The van der Waals surface area contributed by atoms with Crippen molar-refractivity contribution in [3.05, 3.63) is 72.1 Å². The number of hydrogen-bond donors (Lipinski definition) is 0. The van der Waals surface area contributed by atoms with Gasteiger partial charge in [-0.1, -0.05) is 54.6 Å². The molecule has 1 aliphatic rings. The Balaban J connectivity index is 1.67. The van der Waals surface area contributed by atoms with E-state index in [0.717, 1.165) is 37.3 Å². The summed E-state index contributed by atoms with van der Waals surface area (Å²) in [5, 5.41) is 0. The molecule has 3 nitrogen and oxygen atoms in total. The molecule has 2 aromatic carbocycles. The molecule has 0 saturated carbocycles. The number of fused-ring (bicyclic) bond motifs is 1. The van der Waals surface area contributed by atoms with Gasteiger partial charge in [0.25, 0.3) is 0 Å². The van der Waals surface area contributed by atoms with Crippen LogP contribution >= 0.6 is 0 Å². The van der Waals surface area contributed by atoms with Crippen LogP contribution in [0.15, 0.2) is 60.7 Å². The van der Waals surface area contributed by atoms with Gasteiger partial charge in [0.05, 0.1) is 11.0 Å². The van der Waals surface area contributed by atoms with Crippen molar-refractivity contribution < 1.29 is 4.74 Å². The normalized spacial score (nSPS) is 18.2. The highest BCUT2D eigenvalue weighted by molar-refractivity contribution is 5.76. The van der Waals surface area contributed by atoms with Crippen LogP contribution in [0.4, 0.5) is 0 Å². The number of imidazole rings is 1. The topological polar surface area (TPSA) is 27.1 Å². The van der Waals surface area contributed by atoms with E-state index in [1.54, 1.807) is 0 Å². The molecule has 1 unspecified atom stereocenters. The van der Waals surface area contributed by atoms with Crippen LogP contribution in [0, 0.1) is 0 Å². The zero-order valence-corrected chi connectivity index (χ0v) is 13.1. The van der Waals surface area contributed by atoms with E-state index in [2.05, 4.69) is 59.2 Å². The number of allylic oxidation sites excluding steroid dienone is 1. The second-order valence-corrected chi connectivity index (χ2v) is 5.88. The number of benzene rings is 2. The van der Waals surface area contributed by atoms with Crippen LogP contribution in [-0.4, -0.2) is 16.2 Å². The van der Waals surface area contributed by atoms with Gasteiger partial charge in [0.2, 0.25) is 0 Å². The van der Waals surface area contributed by atoms with Crippen LogP contribution in [-0.2, 0) is 11.3 Å². The molecule has 0 bridgehead atoms. The highest BCUT2D eigenvalue weighted by Crippen LogP contribution is 2.30. The Morgan fingerprint density at radius 2 is 1.91 bits per heavy atom. The molecule has 4 rings (SSSR count). The standard InChI is InChI=1S/C20H20N2O/c1-2-8-16(9-3-1)10-6-14-22-18-12-5-4-11-17(18)21-20(22)19-13-7-15-23-19/h1-6,8-12,19H,7,13-15H2. The third kappa shape index (κ3) is 2.92. The molecule has 116 valence electrons. The van der Waals surface area contributed by atoms with Crippen molar-refractivity contribution in [2.75, 3.05) is 6.61 Å². The first kappa shape index (κ1) is 14.2. The van der Waals surface area contributed by atoms with Crippen molar-refractivity contribution in [2.24, 2.45) is 0 Å². The number of rotatable bonds is 4. The van der Waals surface area contributed by atoms with Crippen LogP contribution in [0.5, 0.6) is 0 Å². The SMILES string of the molecule is C(=Cc1ccccc1)Cn1c(C2CCCO2)nc2ccccc21. The van der Waals surface area contributed by atoms with Crippen molar-refractivity contribution in [1.82, 2.24) is 9.55 Å². The molecule has 2 heterocycles. The van der Waals surface area contributed by atoms with Gasteiger partial charge >= 0.3 is 0 Å². The van der Waals surface area contributed by atoms with E-state index in [9.17, 15) is 0 Å². The molecule has 1 aliphatic heterocycles. The first-order valence-electron chi connectivity index (χ1n) is 8.20. The number of hydrogen-bond acceptors (Lipinski definition) is 2. The number of para-hydroxylation sites is 2. The Kier molecular flexibility index (Phi) is 3.95. The van der Waals surface area contributed by atoms with Crippen molar-refractivity contribution in [3.8, 4) is 0 Å². The third-order valence-corrected chi connectivity index (χ3v) is 4.30. The van der Waals surface area contributed by atoms with Gasteiger partial charge < -0.3 is 9.30 Å². The molecule has 0 aliphatic carbocycles. The van der Waals surface area contributed by atoms with Crippen LogP contribution in [0.25, 0.3) is 17.1 Å². The Morgan fingerprint density at radius 3 is 2.74 bits per heavy atom. The van der Waals surface area contributed by atoms with Gasteiger partial charge in [0.15, 0.2) is 0 Å². The zero-order valence-electron chi connectivity index (χ0n) is 13.1. The average molecular weight is 304 g/mol. The highest BCUT2D eigenvalue weighted by atomic mass is 16.5. The minimum atomic E-state index is 0.132. The van der Waals surface area contributed by atoms with Gasteiger partial charge in [0.1, 0.15) is 11.9 Å². The quantitative estimate of drug-likeness (QED) is 0.704. The van der Waals surface area contributed by atoms with E-state index in [1.807, 2.05) is 12.1 Å². The second kappa shape index (κ2) is 6.39. The van der Waals surface area contributed by atoms with Gasteiger partial charge in [-0.2, -0.15) is 0 Å². The van der Waals surface area contributed by atoms with Crippen molar-refractivity contribution in [2.45, 2.75) is 25.5 Å². The number of nitrogens with zero attached hydrogens (tertiary/aromatic N) is 2. The molecule has 1 saturated heterocycles. The Hall–Kier alpha value is -2.39. The first-order chi connectivity index (χ1) is 11.4. The molecular weight excluding hydrogens is 284 g/mol. The van der Waals surface area contributed by atoms with Crippen LogP contribution in [0.3, 0.4) is 0 Å². The Bertz CT molecular complexity index is 814. The van der Waals surface area contributed by atoms with Gasteiger partial charge in [-0.3, -0.25) is 0 Å². The van der Waals surface area contributed by atoms with E-state index < -0.39 is 0 Å². The predicted octanol–water partition coefficient (Wildman–Crippen LogP) is 4.60. The summed E-state index contributed by atoms with van der Waals surface area (Å²) in [6.45, 7) is 1.65. The fourth-order valence-electron chi connectivity index (χ4n) is 3.17. The molecule has 0 spiro atoms. The van der Waals surface area contributed by atoms with E-state index in [1.165, 1.54) is 11.1 Å². The molecule has 0 N–H and O–H groups in total. The summed E-state index contributed by atoms with van der Waals surface area (Å²) in [5.74, 6) is 1.06. The molecule has 3 heteroatoms. The fraction of sp³-hybridized carbons (Fsp3) is 0.250. The summed E-state index contributed by atoms with van der Waals surface area (Å²) >= 11 is 0. The summed E-state index contributed by atoms with van der Waals surface area (Å²) in [6.07, 6.45) is 6.67. The number of aromatic nitrogens is 2. The van der Waals surface area contributed by atoms with E-state index >= 15 is 0 Å². The number of ether oxygens (including phenoxy) is 1. The van der Waals surface area contributed by atoms with Gasteiger partial charge in [-0.05, 0) is 30.5 Å². The summed E-state index contributed by atoms with van der Waals surface area (Å²) in [6, 6.07) is 18.7. The van der Waals surface area contributed by atoms with Crippen LogP contribution in [0.1, 0.15) is 30.3 Å². The second-order valence-electron chi connectivity index (χ2n) is 5.88. The summed E-state index contributed by atoms with van der Waals surface area (Å²) in [7, 11) is 0. The maximum Gasteiger partial charge on any atom is 0.139 e. The lowest BCUT2D eigenvalue weighted by Gasteiger charge is -2.11. The molecule has 0 radical (unpaired) electrons. The molecule has 1 aromatic heterocycles. The van der Waals surface area contributed by atoms with Gasteiger partial charge in [-0.25, -0.2) is 4.98 Å². The lowest BCUT2D eigenvalue weighted by molar-refractivity contribution is 0.103. The van der Waals surface area contributed by atoms with E-state index in [4.69, 9.17) is 9.72 Å². The lowest BCUT2D eigenvalue weighted by Crippen LogP contribution is -2.07. The minimum absolute atomic E-state index is 0.132. The summed E-state index contributed by atoms with van der Waals surface area (Å²) in [4.78, 5) is 4.82. The van der Waals surface area contributed by atoms with Crippen LogP contribution < -0.4 is 0 Å². The monoisotopic (exact) mass is 304 g/mol. The molecule has 1 fully saturated rings. The first-order valence-corrected chi connectivity index (χ1v) is 8.20. The van der Waals surface area contributed by atoms with E-state index in [-0.39, 0.29) is 6.10 Å². The summed E-state index contributed by atoms with van der Waals surface area (Å²) in [5.41, 5.74) is 3.44. The molecule has 0 amide bonds. The smallest absolute Gasteiger partial charge is 0.139 e. The largest absolute Gasteiger partial charge is 0.370 e. The predicted molar refractivity (Wildman–Crippen MR) is 93.1 cm³/mol. The third-order valence-electron chi connectivity index (χ3n) is 4.30. The molecular formula is C20H20N2O. The maximum absolute atomic E-state index is 5.87. The Labute approximate surface area is 136 Å². The van der Waals surface area contributed by atoms with Crippen LogP contribution in [0.2, 0.25) is 0 Å². The lowest BCUT2D eigenvalue weighted by atomic mass is 10.2. The molecule has 23 heavy (non-hydrogen) atoms. The average Bonchev–Trinajstić information content (AvgIpc) is 3.24. The minimum Gasteiger partial charge on any atom is -0.370 e. The van der Waals surface area contributed by atoms with Crippen molar-refractivity contribution in [3.63, 3.8) is 0 Å². The van der Waals surface area contributed by atoms with Gasteiger partial charge in [-0.15, -0.1) is 0 Å². The molecule has 3 aromatic rings. The highest BCUT2D eigenvalue weighted by Gasteiger charge is 2.23. The van der Waals surface area contributed by atoms with Crippen molar-refractivity contribution >= 4 is 17.1 Å². The van der Waals surface area contributed by atoms with E-state index in [0.29, 0.717) is 0 Å². The maximum atomic E-state index is 5.87. The van der Waals surface area contributed by atoms with Crippen molar-refractivity contribution in [1.29, 1.82) is 0 Å². The zero-order chi connectivity index (χ0) is 15.5. The molecule has 1 atom stereocenters. The summed E-state index contributed by atoms with van der Waals surface area (Å²) < 4.78 is 8.15. The Morgan fingerprint density at radius 1 is 1.09 bits per heavy atom.